The minimum atomic E-state index is -1.10. The van der Waals surface area contributed by atoms with Crippen LogP contribution in [0.5, 0.6) is 5.75 Å². The van der Waals surface area contributed by atoms with Crippen LogP contribution < -0.4 is 10.1 Å². The maximum absolute atomic E-state index is 14.2. The highest BCUT2D eigenvalue weighted by Gasteiger charge is 2.60. The maximum Gasteiger partial charge on any atom is 0.356 e. The first-order valence-electron chi connectivity index (χ1n) is 12.5. The van der Waals surface area contributed by atoms with E-state index in [9.17, 15) is 19.2 Å². The number of hydrogen-bond acceptors (Lipinski definition) is 8. The monoisotopic (exact) mass is 541 g/mol. The zero-order chi connectivity index (χ0) is 28.4. The van der Waals surface area contributed by atoms with Gasteiger partial charge in [-0.15, -0.1) is 0 Å². The van der Waals surface area contributed by atoms with E-state index in [1.807, 2.05) is 30.3 Å². The molecule has 3 aromatic carbocycles. The molecule has 10 nitrogen and oxygen atoms in total. The molecular weight excluding hydrogens is 514 g/mol. The number of ether oxygens (including phenoxy) is 3. The number of amides is 2. The summed E-state index contributed by atoms with van der Waals surface area (Å²) in [6.07, 6.45) is 0. The maximum atomic E-state index is 14.2. The molecule has 2 aliphatic rings. The number of methoxy groups -OCH3 is 3. The van der Waals surface area contributed by atoms with E-state index in [1.165, 1.54) is 21.3 Å². The Morgan fingerprint density at radius 3 is 1.93 bits per heavy atom. The number of esters is 2. The van der Waals surface area contributed by atoms with Gasteiger partial charge in [0.25, 0.3) is 11.8 Å². The van der Waals surface area contributed by atoms with Crippen LogP contribution >= 0.6 is 0 Å². The summed E-state index contributed by atoms with van der Waals surface area (Å²) in [7, 11) is 3.90. The lowest BCUT2D eigenvalue weighted by Crippen LogP contribution is -2.44. The molecule has 0 aliphatic carbocycles. The molecule has 0 saturated carbocycles. The molecule has 1 fully saturated rings. The normalized spacial score (nSPS) is 20.2. The van der Waals surface area contributed by atoms with Crippen LogP contribution in [0.15, 0.2) is 96.2 Å². The van der Waals surface area contributed by atoms with E-state index < -0.39 is 41.9 Å². The highest BCUT2D eigenvalue weighted by molar-refractivity contribution is 6.07. The second-order valence-corrected chi connectivity index (χ2v) is 9.12. The van der Waals surface area contributed by atoms with Crippen molar-refractivity contribution in [2.45, 2.75) is 18.1 Å². The third kappa shape index (κ3) is 4.48. The number of benzene rings is 3. The molecule has 3 atom stereocenters. The Kier molecular flexibility index (Phi) is 7.35. The molecule has 1 N–H and O–H groups in total. The van der Waals surface area contributed by atoms with Gasteiger partial charge in [0.15, 0.2) is 5.70 Å². The summed E-state index contributed by atoms with van der Waals surface area (Å²) < 4.78 is 15.4. The van der Waals surface area contributed by atoms with E-state index in [0.717, 1.165) is 5.01 Å². The molecule has 0 spiro atoms. The molecule has 2 aliphatic heterocycles. The first-order valence-corrected chi connectivity index (χ1v) is 12.5. The molecule has 0 bridgehead atoms. The number of nitrogens with one attached hydrogen (secondary N) is 1. The molecular formula is C30H27N3O7. The number of hydrazine groups is 1. The van der Waals surface area contributed by atoms with Crippen LogP contribution in [-0.4, -0.2) is 61.1 Å². The molecule has 0 aromatic heterocycles. The first kappa shape index (κ1) is 26.6. The Labute approximate surface area is 230 Å². The molecule has 2 amide bonds. The van der Waals surface area contributed by atoms with Gasteiger partial charge in [0.1, 0.15) is 11.8 Å². The van der Waals surface area contributed by atoms with Crippen molar-refractivity contribution in [2.24, 2.45) is 0 Å². The topological polar surface area (TPSA) is 114 Å². The predicted octanol–water partition coefficient (Wildman–Crippen LogP) is 2.95. The Morgan fingerprint density at radius 2 is 1.35 bits per heavy atom. The van der Waals surface area contributed by atoms with Gasteiger partial charge in [-0.3, -0.25) is 9.59 Å². The van der Waals surface area contributed by atoms with E-state index in [4.69, 9.17) is 14.2 Å². The van der Waals surface area contributed by atoms with Gasteiger partial charge in [-0.05, 0) is 35.4 Å². The number of carbonyl (C=O) groups excluding carboxylic acids is 4. The highest BCUT2D eigenvalue weighted by atomic mass is 16.5. The van der Waals surface area contributed by atoms with Crippen molar-refractivity contribution in [3.63, 3.8) is 0 Å². The van der Waals surface area contributed by atoms with Crippen LogP contribution in [0, 0.1) is 0 Å². The smallest absolute Gasteiger partial charge is 0.356 e. The van der Waals surface area contributed by atoms with E-state index in [0.29, 0.717) is 22.4 Å². The molecule has 0 unspecified atom stereocenters. The van der Waals surface area contributed by atoms with Crippen LogP contribution in [0.1, 0.15) is 33.6 Å². The summed E-state index contributed by atoms with van der Waals surface area (Å²) in [6.45, 7) is 0. The van der Waals surface area contributed by atoms with Gasteiger partial charge < -0.3 is 19.5 Å². The Balaban J connectivity index is 1.71. The Morgan fingerprint density at radius 1 is 0.750 bits per heavy atom. The molecule has 40 heavy (non-hydrogen) atoms. The SMILES string of the molecule is COC(=O)C1=C(C(=O)OC)N2C(=O)[C@H](NC(=O)c3ccccc3)[C@@H](c3ccccc3)N2[C@H]1c1ccc(OC)cc1. The van der Waals surface area contributed by atoms with Crippen LogP contribution in [0.2, 0.25) is 0 Å². The number of nitrogens with zero attached hydrogens (tertiary/aromatic N) is 2. The quantitative estimate of drug-likeness (QED) is 0.454. The van der Waals surface area contributed by atoms with Gasteiger partial charge >= 0.3 is 11.9 Å². The molecule has 10 heteroatoms. The third-order valence-electron chi connectivity index (χ3n) is 6.99. The first-order chi connectivity index (χ1) is 19.4. The van der Waals surface area contributed by atoms with Crippen molar-refractivity contribution in [1.29, 1.82) is 0 Å². The van der Waals surface area contributed by atoms with E-state index in [1.54, 1.807) is 59.6 Å². The molecule has 5 rings (SSSR count). The number of rotatable bonds is 7. The van der Waals surface area contributed by atoms with Crippen molar-refractivity contribution < 1.29 is 33.4 Å². The molecule has 204 valence electrons. The predicted molar refractivity (Wildman–Crippen MR) is 142 cm³/mol. The van der Waals surface area contributed by atoms with Gasteiger partial charge in [0.2, 0.25) is 0 Å². The standard InChI is InChI=1S/C30H27N3O7/c1-38-21-16-14-19(15-17-21)24-22(29(36)39-2)26(30(37)40-3)33-28(35)23(31-27(34)20-12-8-5-9-13-20)25(32(24)33)18-10-6-4-7-11-18/h4-17,23-25H,1-3H3,(H,31,34)/t23-,24+,25-/m1/s1. The summed E-state index contributed by atoms with van der Waals surface area (Å²) in [6, 6.07) is 21.7. The van der Waals surface area contributed by atoms with Gasteiger partial charge in [-0.1, -0.05) is 60.7 Å². The summed E-state index contributed by atoms with van der Waals surface area (Å²) in [5.74, 6) is -2.16. The van der Waals surface area contributed by atoms with Crippen molar-refractivity contribution in [2.75, 3.05) is 21.3 Å². The summed E-state index contributed by atoms with van der Waals surface area (Å²) in [5.41, 5.74) is 1.33. The van der Waals surface area contributed by atoms with Crippen LogP contribution in [0.4, 0.5) is 0 Å². The minimum Gasteiger partial charge on any atom is -0.497 e. The third-order valence-corrected chi connectivity index (χ3v) is 6.99. The summed E-state index contributed by atoms with van der Waals surface area (Å²) in [4.78, 5) is 53.8. The van der Waals surface area contributed by atoms with Crippen molar-refractivity contribution in [1.82, 2.24) is 15.3 Å². The molecule has 2 heterocycles. The lowest BCUT2D eigenvalue weighted by molar-refractivity contribution is -0.146. The second-order valence-electron chi connectivity index (χ2n) is 9.12. The Hall–Kier alpha value is -4.96. The molecule has 1 saturated heterocycles. The fraction of sp³-hybridized carbons (Fsp3) is 0.200. The lowest BCUT2D eigenvalue weighted by Gasteiger charge is -2.33. The fourth-order valence-electron chi connectivity index (χ4n) is 5.20. The van der Waals surface area contributed by atoms with E-state index >= 15 is 0 Å². The largest absolute Gasteiger partial charge is 0.497 e. The van der Waals surface area contributed by atoms with Crippen LogP contribution in [-0.2, 0) is 23.9 Å². The second kappa shape index (κ2) is 11.0. The fourth-order valence-corrected chi connectivity index (χ4v) is 5.20. The van der Waals surface area contributed by atoms with Gasteiger partial charge in [0.05, 0.1) is 39.0 Å². The average Bonchev–Trinajstić information content (AvgIpc) is 3.49. The van der Waals surface area contributed by atoms with E-state index in [-0.39, 0.29) is 11.3 Å². The zero-order valence-corrected chi connectivity index (χ0v) is 22.1. The average molecular weight is 542 g/mol. The summed E-state index contributed by atoms with van der Waals surface area (Å²) >= 11 is 0. The van der Waals surface area contributed by atoms with Crippen LogP contribution in [0.25, 0.3) is 0 Å². The van der Waals surface area contributed by atoms with Gasteiger partial charge in [0, 0.05) is 5.56 Å². The Bertz CT molecular complexity index is 1470. The molecule has 3 aromatic rings. The lowest BCUT2D eigenvalue weighted by atomic mass is 9.92. The highest BCUT2D eigenvalue weighted by Crippen LogP contribution is 2.51. The van der Waals surface area contributed by atoms with Crippen molar-refractivity contribution in [3.8, 4) is 5.75 Å². The van der Waals surface area contributed by atoms with Gasteiger partial charge in [-0.25, -0.2) is 14.6 Å². The van der Waals surface area contributed by atoms with Crippen molar-refractivity contribution in [3.05, 3.63) is 113 Å². The number of fused-ring (bicyclic) bond motifs is 1. The summed E-state index contributed by atoms with van der Waals surface area (Å²) in [5, 5.41) is 5.64. The molecule has 0 radical (unpaired) electrons. The van der Waals surface area contributed by atoms with Crippen LogP contribution in [0.3, 0.4) is 0 Å². The minimum absolute atomic E-state index is 0.0540. The zero-order valence-electron chi connectivity index (χ0n) is 22.1. The van der Waals surface area contributed by atoms with Crippen molar-refractivity contribution >= 4 is 23.8 Å². The van der Waals surface area contributed by atoms with E-state index in [2.05, 4.69) is 5.32 Å². The van der Waals surface area contributed by atoms with Gasteiger partial charge in [-0.2, -0.15) is 5.01 Å². The number of hydrogen-bond donors (Lipinski definition) is 1. The number of carbonyl (C=O) groups is 4.